The van der Waals surface area contributed by atoms with E-state index in [0.29, 0.717) is 17.7 Å². The molecule has 0 saturated carbocycles. The Bertz CT molecular complexity index is 721. The smallest absolute Gasteiger partial charge is 0.251 e. The maximum atomic E-state index is 13.6. The van der Waals surface area contributed by atoms with Crippen LogP contribution in [0.4, 0.5) is 4.39 Å². The summed E-state index contributed by atoms with van der Waals surface area (Å²) in [6.07, 6.45) is 3.94. The number of amides is 1. The first-order chi connectivity index (χ1) is 12.1. The average molecular weight is 340 g/mol. The van der Waals surface area contributed by atoms with Gasteiger partial charge in [0.25, 0.3) is 5.91 Å². The number of carbonyl (C=O) groups is 1. The zero-order valence-electron chi connectivity index (χ0n) is 14.7. The Morgan fingerprint density at radius 2 is 1.72 bits per heavy atom. The highest BCUT2D eigenvalue weighted by atomic mass is 19.1. The Kier molecular flexibility index (Phi) is 5.82. The second-order valence-corrected chi connectivity index (χ2v) is 6.80. The molecule has 1 fully saturated rings. The molecule has 132 valence electrons. The van der Waals surface area contributed by atoms with Gasteiger partial charge in [-0.3, -0.25) is 9.69 Å². The minimum Gasteiger partial charge on any atom is -0.348 e. The van der Waals surface area contributed by atoms with Crippen LogP contribution in [-0.4, -0.2) is 23.9 Å². The van der Waals surface area contributed by atoms with Crippen LogP contribution >= 0.6 is 0 Å². The van der Waals surface area contributed by atoms with E-state index in [1.54, 1.807) is 19.1 Å². The number of aryl methyl sites for hydroxylation is 1. The van der Waals surface area contributed by atoms with Gasteiger partial charge in [0, 0.05) is 18.7 Å². The van der Waals surface area contributed by atoms with Crippen LogP contribution in [0, 0.1) is 12.7 Å². The number of nitrogens with zero attached hydrogens (tertiary/aromatic N) is 1. The van der Waals surface area contributed by atoms with Gasteiger partial charge in [-0.05, 0) is 61.7 Å². The minimum absolute atomic E-state index is 0.253. The third kappa shape index (κ3) is 4.89. The molecule has 1 aliphatic heterocycles. The summed E-state index contributed by atoms with van der Waals surface area (Å²) in [6, 6.07) is 12.9. The highest BCUT2D eigenvalue weighted by Gasteiger charge is 2.11. The number of piperidine rings is 1. The fraction of sp³-hybridized carbons (Fsp3) is 0.381. The summed E-state index contributed by atoms with van der Waals surface area (Å²) >= 11 is 0. The van der Waals surface area contributed by atoms with Crippen LogP contribution in [0.3, 0.4) is 0 Å². The fourth-order valence-corrected chi connectivity index (χ4v) is 3.16. The molecule has 4 heteroatoms. The molecule has 0 unspecified atom stereocenters. The van der Waals surface area contributed by atoms with Gasteiger partial charge in [0.2, 0.25) is 0 Å². The van der Waals surface area contributed by atoms with Crippen LogP contribution in [-0.2, 0) is 13.1 Å². The molecule has 0 spiro atoms. The van der Waals surface area contributed by atoms with Crippen molar-refractivity contribution in [3.63, 3.8) is 0 Å². The molecular weight excluding hydrogens is 315 g/mol. The fourth-order valence-electron chi connectivity index (χ4n) is 3.16. The van der Waals surface area contributed by atoms with Crippen molar-refractivity contribution >= 4 is 5.91 Å². The van der Waals surface area contributed by atoms with Crippen molar-refractivity contribution in [3.8, 4) is 0 Å². The van der Waals surface area contributed by atoms with Gasteiger partial charge < -0.3 is 5.32 Å². The standard InChI is InChI=1S/C21H25FN2O/c1-16-5-10-19(13-20(16)22)21(25)23-14-17-6-8-18(9-7-17)15-24-11-3-2-4-12-24/h5-10,13H,2-4,11-12,14-15H2,1H3,(H,23,25). The molecule has 25 heavy (non-hydrogen) atoms. The maximum Gasteiger partial charge on any atom is 0.251 e. The molecule has 1 amide bonds. The third-order valence-electron chi connectivity index (χ3n) is 4.76. The lowest BCUT2D eigenvalue weighted by Crippen LogP contribution is -2.29. The van der Waals surface area contributed by atoms with Crippen LogP contribution in [0.25, 0.3) is 0 Å². The second-order valence-electron chi connectivity index (χ2n) is 6.80. The lowest BCUT2D eigenvalue weighted by atomic mass is 10.1. The molecule has 2 aromatic carbocycles. The van der Waals surface area contributed by atoms with E-state index in [4.69, 9.17) is 0 Å². The molecule has 1 aliphatic rings. The molecule has 3 nitrogen and oxygen atoms in total. The quantitative estimate of drug-likeness (QED) is 0.890. The summed E-state index contributed by atoms with van der Waals surface area (Å²) in [5, 5.41) is 2.85. The van der Waals surface area contributed by atoms with Crippen molar-refractivity contribution in [3.05, 3.63) is 70.5 Å². The van der Waals surface area contributed by atoms with E-state index in [9.17, 15) is 9.18 Å². The van der Waals surface area contributed by atoms with Gasteiger partial charge in [-0.1, -0.05) is 36.8 Å². The normalized spacial score (nSPS) is 15.1. The Morgan fingerprint density at radius 1 is 1.04 bits per heavy atom. The van der Waals surface area contributed by atoms with E-state index in [0.717, 1.165) is 12.1 Å². The molecular formula is C21H25FN2O. The van der Waals surface area contributed by atoms with Gasteiger partial charge >= 0.3 is 0 Å². The molecule has 0 aliphatic carbocycles. The predicted octanol–water partition coefficient (Wildman–Crippen LogP) is 4.05. The Morgan fingerprint density at radius 3 is 2.40 bits per heavy atom. The number of nitrogens with one attached hydrogen (secondary N) is 1. The minimum atomic E-state index is -0.352. The number of hydrogen-bond donors (Lipinski definition) is 1. The van der Waals surface area contributed by atoms with Gasteiger partial charge in [0.15, 0.2) is 0 Å². The van der Waals surface area contributed by atoms with Crippen molar-refractivity contribution in [1.82, 2.24) is 10.2 Å². The van der Waals surface area contributed by atoms with E-state index in [1.165, 1.54) is 44.0 Å². The summed E-state index contributed by atoms with van der Waals surface area (Å²) in [5.74, 6) is -0.606. The molecule has 2 aromatic rings. The zero-order chi connectivity index (χ0) is 17.6. The van der Waals surface area contributed by atoms with Crippen LogP contribution in [0.1, 0.15) is 46.3 Å². The SMILES string of the molecule is Cc1ccc(C(=O)NCc2ccc(CN3CCCCC3)cc2)cc1F. The van der Waals surface area contributed by atoms with Gasteiger partial charge in [-0.15, -0.1) is 0 Å². The van der Waals surface area contributed by atoms with Crippen molar-refractivity contribution in [2.45, 2.75) is 39.3 Å². The average Bonchev–Trinajstić information content (AvgIpc) is 2.64. The van der Waals surface area contributed by atoms with Gasteiger partial charge in [0.1, 0.15) is 5.82 Å². The number of likely N-dealkylation sites (tertiary alicyclic amines) is 1. The first kappa shape index (κ1) is 17.6. The van der Waals surface area contributed by atoms with E-state index in [-0.39, 0.29) is 11.7 Å². The monoisotopic (exact) mass is 340 g/mol. The number of carbonyl (C=O) groups excluding carboxylic acids is 1. The number of halogens is 1. The number of benzene rings is 2. The number of rotatable bonds is 5. The van der Waals surface area contributed by atoms with Crippen LogP contribution in [0.15, 0.2) is 42.5 Å². The molecule has 1 heterocycles. The molecule has 0 bridgehead atoms. The first-order valence-electron chi connectivity index (χ1n) is 8.96. The van der Waals surface area contributed by atoms with E-state index in [1.807, 2.05) is 0 Å². The van der Waals surface area contributed by atoms with Gasteiger partial charge in [0.05, 0.1) is 0 Å². The second kappa shape index (κ2) is 8.26. The van der Waals surface area contributed by atoms with Gasteiger partial charge in [-0.2, -0.15) is 0 Å². The Labute approximate surface area is 148 Å². The van der Waals surface area contributed by atoms with E-state index >= 15 is 0 Å². The number of hydrogen-bond acceptors (Lipinski definition) is 2. The summed E-state index contributed by atoms with van der Waals surface area (Å²) in [4.78, 5) is 14.6. The van der Waals surface area contributed by atoms with Gasteiger partial charge in [-0.25, -0.2) is 4.39 Å². The lowest BCUT2D eigenvalue weighted by Gasteiger charge is -2.26. The summed E-state index contributed by atoms with van der Waals surface area (Å²) in [7, 11) is 0. The maximum absolute atomic E-state index is 13.6. The molecule has 0 radical (unpaired) electrons. The van der Waals surface area contributed by atoms with Crippen LogP contribution in [0.2, 0.25) is 0 Å². The zero-order valence-corrected chi connectivity index (χ0v) is 14.7. The van der Waals surface area contributed by atoms with E-state index < -0.39 is 0 Å². The highest BCUT2D eigenvalue weighted by Crippen LogP contribution is 2.14. The molecule has 3 rings (SSSR count). The Hall–Kier alpha value is -2.20. The van der Waals surface area contributed by atoms with E-state index in [2.05, 4.69) is 34.5 Å². The van der Waals surface area contributed by atoms with Crippen molar-refractivity contribution in [2.24, 2.45) is 0 Å². The summed E-state index contributed by atoms with van der Waals surface area (Å²) in [5.41, 5.74) is 3.24. The third-order valence-corrected chi connectivity index (χ3v) is 4.76. The molecule has 1 saturated heterocycles. The van der Waals surface area contributed by atoms with Crippen molar-refractivity contribution in [2.75, 3.05) is 13.1 Å². The van der Waals surface area contributed by atoms with Crippen molar-refractivity contribution < 1.29 is 9.18 Å². The summed E-state index contributed by atoms with van der Waals surface area (Å²) < 4.78 is 13.6. The lowest BCUT2D eigenvalue weighted by molar-refractivity contribution is 0.0950. The highest BCUT2D eigenvalue weighted by molar-refractivity contribution is 5.94. The van der Waals surface area contributed by atoms with Crippen LogP contribution in [0.5, 0.6) is 0 Å². The summed E-state index contributed by atoms with van der Waals surface area (Å²) in [6.45, 7) is 5.49. The first-order valence-corrected chi connectivity index (χ1v) is 8.96. The van der Waals surface area contributed by atoms with Crippen molar-refractivity contribution in [1.29, 1.82) is 0 Å². The van der Waals surface area contributed by atoms with Crippen LogP contribution < -0.4 is 5.32 Å². The predicted molar refractivity (Wildman–Crippen MR) is 97.9 cm³/mol. The Balaban J connectivity index is 1.52. The largest absolute Gasteiger partial charge is 0.348 e. The topological polar surface area (TPSA) is 32.3 Å². The molecule has 0 aromatic heterocycles. The molecule has 1 N–H and O–H groups in total. The molecule has 0 atom stereocenters.